The van der Waals surface area contributed by atoms with Gasteiger partial charge in [-0.15, -0.1) is 0 Å². The molecular weight excluding hydrogens is 419 g/mol. The van der Waals surface area contributed by atoms with Gasteiger partial charge in [0.15, 0.2) is 0 Å². The first-order chi connectivity index (χ1) is 14.1. The van der Waals surface area contributed by atoms with Crippen LogP contribution in [-0.4, -0.2) is 31.8 Å². The molecule has 2 aromatic carbocycles. The number of benzene rings is 2. The standard InChI is InChI=1S/C21H22F3NO4S/c1-15(16-7-3-2-4-8-16)29-20(26)17-11-13-25(14-12-17)30(27,28)19-10-6-5-9-18(19)21(22,23)24/h2-10,15,17H,11-14H2,1H3/t15-/m1/s1. The first-order valence-corrected chi connectivity index (χ1v) is 11.0. The van der Waals surface area contributed by atoms with Crippen molar-refractivity contribution in [1.29, 1.82) is 0 Å². The minimum atomic E-state index is -4.78. The summed E-state index contributed by atoms with van der Waals surface area (Å²) >= 11 is 0. The van der Waals surface area contributed by atoms with Crippen LogP contribution in [0.2, 0.25) is 0 Å². The van der Waals surface area contributed by atoms with E-state index in [9.17, 15) is 26.4 Å². The lowest BCUT2D eigenvalue weighted by molar-refractivity contribution is -0.155. The predicted molar refractivity (Wildman–Crippen MR) is 104 cm³/mol. The van der Waals surface area contributed by atoms with E-state index < -0.39 is 44.6 Å². The predicted octanol–water partition coefficient (Wildman–Crippen LogP) is 4.41. The van der Waals surface area contributed by atoms with E-state index in [1.165, 1.54) is 6.07 Å². The third kappa shape index (κ3) is 4.84. The number of rotatable bonds is 5. The van der Waals surface area contributed by atoms with Crippen LogP contribution in [0.25, 0.3) is 0 Å². The van der Waals surface area contributed by atoms with Crippen molar-refractivity contribution in [2.75, 3.05) is 13.1 Å². The van der Waals surface area contributed by atoms with Gasteiger partial charge in [-0.2, -0.15) is 17.5 Å². The monoisotopic (exact) mass is 441 g/mol. The summed E-state index contributed by atoms with van der Waals surface area (Å²) in [7, 11) is -4.33. The molecular formula is C21H22F3NO4S. The van der Waals surface area contributed by atoms with Crippen LogP contribution in [-0.2, 0) is 25.7 Å². The van der Waals surface area contributed by atoms with Crippen molar-refractivity contribution in [2.24, 2.45) is 5.92 Å². The number of sulfonamides is 1. The second-order valence-corrected chi connectivity index (χ2v) is 9.07. The maximum atomic E-state index is 13.2. The average Bonchev–Trinajstić information content (AvgIpc) is 2.74. The van der Waals surface area contributed by atoms with E-state index in [0.29, 0.717) is 0 Å². The second-order valence-electron chi connectivity index (χ2n) is 7.16. The van der Waals surface area contributed by atoms with Crippen LogP contribution in [0.3, 0.4) is 0 Å². The molecule has 1 heterocycles. The van der Waals surface area contributed by atoms with Crippen molar-refractivity contribution in [3.05, 3.63) is 65.7 Å². The third-order valence-electron chi connectivity index (χ3n) is 5.16. The number of carbonyl (C=O) groups is 1. The Morgan fingerprint density at radius 1 is 1.03 bits per heavy atom. The summed E-state index contributed by atoms with van der Waals surface area (Å²) in [5.41, 5.74) is -0.349. The van der Waals surface area contributed by atoms with Crippen molar-refractivity contribution >= 4 is 16.0 Å². The molecule has 1 fully saturated rings. The highest BCUT2D eigenvalue weighted by Gasteiger charge is 2.40. The molecule has 162 valence electrons. The number of ether oxygens (including phenoxy) is 1. The second kappa shape index (κ2) is 8.77. The maximum absolute atomic E-state index is 13.2. The zero-order valence-corrected chi connectivity index (χ0v) is 17.1. The van der Waals surface area contributed by atoms with E-state index >= 15 is 0 Å². The highest BCUT2D eigenvalue weighted by molar-refractivity contribution is 7.89. The number of piperidine rings is 1. The number of nitrogens with zero attached hydrogens (tertiary/aromatic N) is 1. The largest absolute Gasteiger partial charge is 0.458 e. The molecule has 3 rings (SSSR count). The van der Waals surface area contributed by atoms with Crippen LogP contribution in [0.4, 0.5) is 13.2 Å². The molecule has 0 spiro atoms. The molecule has 1 atom stereocenters. The SMILES string of the molecule is C[C@@H](OC(=O)C1CCN(S(=O)(=O)c2ccccc2C(F)(F)F)CC1)c1ccccc1. The summed E-state index contributed by atoms with van der Waals surface area (Å²) in [4.78, 5) is 11.7. The zero-order chi connectivity index (χ0) is 21.9. The van der Waals surface area contributed by atoms with E-state index in [1.807, 2.05) is 30.3 Å². The van der Waals surface area contributed by atoms with E-state index in [0.717, 1.165) is 28.1 Å². The van der Waals surface area contributed by atoms with Crippen LogP contribution in [0, 0.1) is 5.92 Å². The number of hydrogen-bond donors (Lipinski definition) is 0. The fraction of sp³-hybridized carbons (Fsp3) is 0.381. The molecule has 0 bridgehead atoms. The number of alkyl halides is 3. The van der Waals surface area contributed by atoms with Gasteiger partial charge in [-0.3, -0.25) is 4.79 Å². The summed E-state index contributed by atoms with van der Waals surface area (Å²) in [6.07, 6.45) is -4.85. The number of halogens is 3. The quantitative estimate of drug-likeness (QED) is 0.645. The van der Waals surface area contributed by atoms with Gasteiger partial charge in [0.05, 0.1) is 16.4 Å². The lowest BCUT2D eigenvalue weighted by Crippen LogP contribution is -2.41. The molecule has 1 aliphatic rings. The number of esters is 1. The topological polar surface area (TPSA) is 63.7 Å². The van der Waals surface area contributed by atoms with Gasteiger partial charge in [0.2, 0.25) is 10.0 Å². The molecule has 30 heavy (non-hydrogen) atoms. The molecule has 0 amide bonds. The minimum absolute atomic E-state index is 0.0476. The van der Waals surface area contributed by atoms with E-state index in [1.54, 1.807) is 6.92 Å². The maximum Gasteiger partial charge on any atom is 0.417 e. The molecule has 1 saturated heterocycles. The minimum Gasteiger partial charge on any atom is -0.458 e. The van der Waals surface area contributed by atoms with Gasteiger partial charge in [0.1, 0.15) is 6.10 Å². The first-order valence-electron chi connectivity index (χ1n) is 9.52. The van der Waals surface area contributed by atoms with Crippen molar-refractivity contribution in [3.8, 4) is 0 Å². The van der Waals surface area contributed by atoms with Crippen molar-refractivity contribution < 1.29 is 31.1 Å². The Balaban J connectivity index is 1.66. The van der Waals surface area contributed by atoms with E-state index in [4.69, 9.17) is 4.74 Å². The third-order valence-corrected chi connectivity index (χ3v) is 7.12. The average molecular weight is 441 g/mol. The molecule has 1 aliphatic heterocycles. The summed E-state index contributed by atoms with van der Waals surface area (Å²) in [6, 6.07) is 13.3. The van der Waals surface area contributed by atoms with Gasteiger partial charge in [0.25, 0.3) is 0 Å². The van der Waals surface area contributed by atoms with Gasteiger partial charge in [-0.05, 0) is 37.5 Å². The normalized spacial score (nSPS) is 17.5. The highest BCUT2D eigenvalue weighted by atomic mass is 32.2. The molecule has 0 saturated carbocycles. The van der Waals surface area contributed by atoms with Gasteiger partial charge in [-0.1, -0.05) is 42.5 Å². The van der Waals surface area contributed by atoms with Crippen LogP contribution in [0.1, 0.15) is 37.0 Å². The summed E-state index contributed by atoms with van der Waals surface area (Å²) in [5, 5.41) is 0. The summed E-state index contributed by atoms with van der Waals surface area (Å²) in [5.74, 6) is -0.931. The molecule has 0 aliphatic carbocycles. The van der Waals surface area contributed by atoms with Crippen molar-refractivity contribution in [2.45, 2.75) is 36.9 Å². The van der Waals surface area contributed by atoms with Gasteiger partial charge in [0, 0.05) is 13.1 Å². The van der Waals surface area contributed by atoms with Crippen LogP contribution in [0.15, 0.2) is 59.5 Å². The van der Waals surface area contributed by atoms with Crippen molar-refractivity contribution in [3.63, 3.8) is 0 Å². The molecule has 0 N–H and O–H groups in total. The van der Waals surface area contributed by atoms with Crippen LogP contribution >= 0.6 is 0 Å². The molecule has 0 unspecified atom stereocenters. The van der Waals surface area contributed by atoms with Crippen molar-refractivity contribution in [1.82, 2.24) is 4.31 Å². The molecule has 9 heteroatoms. The Morgan fingerprint density at radius 2 is 1.60 bits per heavy atom. The summed E-state index contributed by atoms with van der Waals surface area (Å²) in [6.45, 7) is 1.66. The fourth-order valence-corrected chi connectivity index (χ4v) is 5.14. The Labute approximate surface area is 173 Å². The lowest BCUT2D eigenvalue weighted by atomic mass is 9.98. The fourth-order valence-electron chi connectivity index (χ4n) is 3.46. The van der Waals surface area contributed by atoms with Gasteiger partial charge >= 0.3 is 12.1 Å². The smallest absolute Gasteiger partial charge is 0.417 e. The Kier molecular flexibility index (Phi) is 6.52. The highest BCUT2D eigenvalue weighted by Crippen LogP contribution is 2.36. The zero-order valence-electron chi connectivity index (χ0n) is 16.3. The molecule has 2 aromatic rings. The van der Waals surface area contributed by atoms with E-state index in [2.05, 4.69) is 0 Å². The van der Waals surface area contributed by atoms with Gasteiger partial charge in [-0.25, -0.2) is 8.42 Å². The molecule has 0 radical (unpaired) electrons. The Morgan fingerprint density at radius 3 is 2.20 bits per heavy atom. The van der Waals surface area contributed by atoms with Crippen LogP contribution < -0.4 is 0 Å². The molecule has 0 aromatic heterocycles. The van der Waals surface area contributed by atoms with Crippen LogP contribution in [0.5, 0.6) is 0 Å². The van der Waals surface area contributed by atoms with Gasteiger partial charge < -0.3 is 4.74 Å². The Bertz CT molecular complexity index is 985. The lowest BCUT2D eigenvalue weighted by Gasteiger charge is -2.31. The first kappa shape index (κ1) is 22.3. The summed E-state index contributed by atoms with van der Waals surface area (Å²) < 4.78 is 71.8. The number of carbonyl (C=O) groups excluding carboxylic acids is 1. The van der Waals surface area contributed by atoms with E-state index in [-0.39, 0.29) is 25.9 Å². The number of hydrogen-bond acceptors (Lipinski definition) is 4. The Hall–Kier alpha value is -2.39. The molecule has 5 nitrogen and oxygen atoms in total.